The molecule has 0 heterocycles. The number of carboxylic acids is 2. The minimum atomic E-state index is -2.36. The highest BCUT2D eigenvalue weighted by atomic mass is 16.4. The van der Waals surface area contributed by atoms with E-state index in [9.17, 15) is 29.4 Å². The van der Waals surface area contributed by atoms with E-state index in [1.165, 1.54) is 0 Å². The van der Waals surface area contributed by atoms with Gasteiger partial charge in [0, 0.05) is 0 Å². The van der Waals surface area contributed by atoms with Gasteiger partial charge in [0.05, 0.1) is 5.97 Å². The van der Waals surface area contributed by atoms with E-state index in [0.717, 1.165) is 6.92 Å². The van der Waals surface area contributed by atoms with E-state index in [0.29, 0.717) is 0 Å². The summed E-state index contributed by atoms with van der Waals surface area (Å²) >= 11 is 0. The van der Waals surface area contributed by atoms with Crippen LogP contribution in [0, 0.1) is 5.92 Å². The van der Waals surface area contributed by atoms with E-state index in [2.05, 4.69) is 6.58 Å². The Kier molecular flexibility index (Phi) is 3.70. The second-order valence-electron chi connectivity index (χ2n) is 2.55. The van der Waals surface area contributed by atoms with E-state index in [1.807, 2.05) is 0 Å². The van der Waals surface area contributed by atoms with Crippen molar-refractivity contribution in [3.63, 3.8) is 0 Å². The fraction of sp³-hybridized carbons (Fsp3) is 0.250. The monoisotopic (exact) mass is 198 g/mol. The van der Waals surface area contributed by atoms with Crippen LogP contribution in [0.1, 0.15) is 6.92 Å². The summed E-state index contributed by atoms with van der Waals surface area (Å²) < 4.78 is 0. The number of aliphatic carboxylic acids is 2. The summed E-state index contributed by atoms with van der Waals surface area (Å²) in [5, 5.41) is 20.3. The molecule has 1 atom stereocenters. The van der Waals surface area contributed by atoms with E-state index in [1.54, 1.807) is 0 Å². The zero-order chi connectivity index (χ0) is 11.5. The third-order valence-corrected chi connectivity index (χ3v) is 1.38. The third-order valence-electron chi connectivity index (χ3n) is 1.38. The molecule has 0 aliphatic rings. The van der Waals surface area contributed by atoms with Crippen molar-refractivity contribution in [1.82, 2.24) is 0 Å². The van der Waals surface area contributed by atoms with Gasteiger partial charge in [-0.25, -0.2) is 0 Å². The Morgan fingerprint density at radius 3 is 1.71 bits per heavy atom. The Morgan fingerprint density at radius 1 is 1.07 bits per heavy atom. The van der Waals surface area contributed by atoms with Crippen LogP contribution in [0.3, 0.4) is 0 Å². The Morgan fingerprint density at radius 2 is 1.50 bits per heavy atom. The lowest BCUT2D eigenvalue weighted by molar-refractivity contribution is -0.313. The maximum absolute atomic E-state index is 11.0. The molecule has 0 saturated heterocycles. The van der Waals surface area contributed by atoms with Crippen molar-refractivity contribution >= 4 is 23.5 Å². The standard InChI is InChI=1S/C8H8O6/c1-3(2)5(9)4(7(11)12)6(10)8(13)14/h4H,1H2,2H3,(H,11,12)(H,13,14)/p-2. The van der Waals surface area contributed by atoms with Crippen molar-refractivity contribution in [1.29, 1.82) is 0 Å². The second kappa shape index (κ2) is 4.31. The Bertz CT molecular complexity index is 301. The molecule has 0 aromatic carbocycles. The maximum atomic E-state index is 11.0. The Balaban J connectivity index is 5.07. The average Bonchev–Trinajstić information content (AvgIpc) is 2.03. The molecule has 0 radical (unpaired) electrons. The number of hydrogen-bond donors (Lipinski definition) is 0. The number of carboxylic acid groups (broad SMARTS) is 2. The minimum absolute atomic E-state index is 0.242. The van der Waals surface area contributed by atoms with Gasteiger partial charge >= 0.3 is 0 Å². The number of Topliss-reactive ketones (excluding diaryl/α,β-unsaturated/α-hetero) is 2. The van der Waals surface area contributed by atoms with E-state index in [-0.39, 0.29) is 5.57 Å². The van der Waals surface area contributed by atoms with Crippen LogP contribution < -0.4 is 10.2 Å². The summed E-state index contributed by atoms with van der Waals surface area (Å²) in [6.45, 7) is 4.25. The van der Waals surface area contributed by atoms with Crippen molar-refractivity contribution in [3.05, 3.63) is 12.2 Å². The van der Waals surface area contributed by atoms with Crippen molar-refractivity contribution in [2.24, 2.45) is 5.92 Å². The van der Waals surface area contributed by atoms with Crippen LogP contribution in [0.5, 0.6) is 0 Å². The van der Waals surface area contributed by atoms with Gasteiger partial charge in [-0.3, -0.25) is 9.59 Å². The van der Waals surface area contributed by atoms with Crippen LogP contribution in [0.15, 0.2) is 12.2 Å². The molecule has 76 valence electrons. The topological polar surface area (TPSA) is 114 Å². The van der Waals surface area contributed by atoms with E-state index >= 15 is 0 Å². The smallest absolute Gasteiger partial charge is 0.194 e. The van der Waals surface area contributed by atoms with Gasteiger partial charge in [0.15, 0.2) is 11.6 Å². The van der Waals surface area contributed by atoms with Gasteiger partial charge in [0.1, 0.15) is 11.9 Å². The number of carbonyl (C=O) groups excluding carboxylic acids is 4. The first-order valence-electron chi connectivity index (χ1n) is 3.44. The van der Waals surface area contributed by atoms with Crippen LogP contribution >= 0.6 is 0 Å². The molecule has 6 heteroatoms. The van der Waals surface area contributed by atoms with Crippen molar-refractivity contribution in [2.45, 2.75) is 6.92 Å². The van der Waals surface area contributed by atoms with Crippen LogP contribution in [-0.2, 0) is 19.2 Å². The van der Waals surface area contributed by atoms with E-state index < -0.39 is 29.4 Å². The molecule has 0 bridgehead atoms. The largest absolute Gasteiger partial charge is 0.549 e. The van der Waals surface area contributed by atoms with Gasteiger partial charge in [0.25, 0.3) is 0 Å². The molecular formula is C8H6O6-2. The van der Waals surface area contributed by atoms with Gasteiger partial charge in [0.2, 0.25) is 0 Å². The van der Waals surface area contributed by atoms with Crippen molar-refractivity contribution in [3.8, 4) is 0 Å². The minimum Gasteiger partial charge on any atom is -0.549 e. The van der Waals surface area contributed by atoms with Crippen molar-refractivity contribution < 1.29 is 29.4 Å². The summed E-state index contributed by atoms with van der Waals surface area (Å²) in [5.74, 6) is -9.71. The molecule has 0 aromatic heterocycles. The molecule has 0 rings (SSSR count). The molecular weight excluding hydrogens is 192 g/mol. The van der Waals surface area contributed by atoms with Gasteiger partial charge in [-0.2, -0.15) is 0 Å². The van der Waals surface area contributed by atoms with Crippen LogP contribution in [0.25, 0.3) is 0 Å². The molecule has 0 aliphatic carbocycles. The maximum Gasteiger partial charge on any atom is 0.194 e. The average molecular weight is 198 g/mol. The highest BCUT2D eigenvalue weighted by Crippen LogP contribution is 2.05. The highest BCUT2D eigenvalue weighted by molar-refractivity contribution is 6.42. The summed E-state index contributed by atoms with van der Waals surface area (Å²) in [7, 11) is 0. The molecule has 0 N–H and O–H groups in total. The SMILES string of the molecule is C=C(C)C(=O)C(C(=O)[O-])C(=O)C(=O)[O-]. The zero-order valence-electron chi connectivity index (χ0n) is 7.23. The molecule has 0 spiro atoms. The van der Waals surface area contributed by atoms with Crippen molar-refractivity contribution in [2.75, 3.05) is 0 Å². The van der Waals surface area contributed by atoms with Gasteiger partial charge in [-0.05, 0) is 12.5 Å². The lowest BCUT2D eigenvalue weighted by atomic mass is 9.95. The highest BCUT2D eigenvalue weighted by Gasteiger charge is 2.28. The summed E-state index contributed by atoms with van der Waals surface area (Å²) in [5.41, 5.74) is -0.242. The lowest BCUT2D eigenvalue weighted by Crippen LogP contribution is -2.48. The summed E-state index contributed by atoms with van der Waals surface area (Å²) in [6.07, 6.45) is 0. The molecule has 0 amide bonds. The van der Waals surface area contributed by atoms with Gasteiger partial charge < -0.3 is 19.8 Å². The molecule has 0 aliphatic heterocycles. The van der Waals surface area contributed by atoms with E-state index in [4.69, 9.17) is 0 Å². The first-order chi connectivity index (χ1) is 6.29. The predicted molar refractivity (Wildman–Crippen MR) is 38.3 cm³/mol. The lowest BCUT2D eigenvalue weighted by Gasteiger charge is -2.15. The zero-order valence-corrected chi connectivity index (χ0v) is 7.23. The number of rotatable bonds is 5. The molecule has 14 heavy (non-hydrogen) atoms. The first-order valence-corrected chi connectivity index (χ1v) is 3.44. The number of ketones is 2. The fourth-order valence-corrected chi connectivity index (χ4v) is 0.697. The van der Waals surface area contributed by atoms with Crippen LogP contribution in [0.4, 0.5) is 0 Å². The fourth-order valence-electron chi connectivity index (χ4n) is 0.697. The summed E-state index contributed by atoms with van der Waals surface area (Å²) in [4.78, 5) is 42.0. The normalized spacial score (nSPS) is 11.5. The second-order valence-corrected chi connectivity index (χ2v) is 2.55. The molecule has 0 aromatic rings. The molecule has 1 unspecified atom stereocenters. The molecule has 0 saturated carbocycles. The first kappa shape index (κ1) is 12.0. The van der Waals surface area contributed by atoms with Crippen LogP contribution in [0.2, 0.25) is 0 Å². The number of hydrogen-bond acceptors (Lipinski definition) is 6. The van der Waals surface area contributed by atoms with Gasteiger partial charge in [-0.1, -0.05) is 6.58 Å². The van der Waals surface area contributed by atoms with Crippen LogP contribution in [-0.4, -0.2) is 23.5 Å². The third kappa shape index (κ3) is 2.51. The predicted octanol–water partition coefficient (Wildman–Crippen LogP) is -3.18. The number of allylic oxidation sites excluding steroid dienone is 1. The Hall–Kier alpha value is -1.98. The quantitative estimate of drug-likeness (QED) is 0.261. The molecule has 6 nitrogen and oxygen atoms in total. The number of carbonyl (C=O) groups is 4. The Labute approximate surface area is 78.8 Å². The summed E-state index contributed by atoms with van der Waals surface area (Å²) in [6, 6.07) is 0. The van der Waals surface area contributed by atoms with Gasteiger partial charge in [-0.15, -0.1) is 0 Å². The molecule has 0 fully saturated rings.